The number of nitrogens with zero attached hydrogens (tertiary/aromatic N) is 3. The van der Waals surface area contributed by atoms with Crippen LogP contribution in [-0.4, -0.2) is 46.6 Å². The number of hydrogen-bond donors (Lipinski definition) is 1. The maximum atomic E-state index is 12.3. The van der Waals surface area contributed by atoms with Crippen LogP contribution in [0.3, 0.4) is 0 Å². The average Bonchev–Trinajstić information content (AvgIpc) is 2.54. The van der Waals surface area contributed by atoms with E-state index in [4.69, 9.17) is 10.5 Å². The second-order valence-electron chi connectivity index (χ2n) is 6.19. The van der Waals surface area contributed by atoms with Crippen molar-refractivity contribution < 1.29 is 22.7 Å². The minimum absolute atomic E-state index is 0.169. The number of carbonyl (C=O) groups is 1. The summed E-state index contributed by atoms with van der Waals surface area (Å²) in [5.74, 6) is -0.303. The molecule has 1 saturated heterocycles. The van der Waals surface area contributed by atoms with Crippen LogP contribution in [0.25, 0.3) is 0 Å². The molecule has 2 aliphatic heterocycles. The van der Waals surface area contributed by atoms with Crippen LogP contribution in [0.1, 0.15) is 36.9 Å². The third-order valence-electron chi connectivity index (χ3n) is 4.61. The minimum atomic E-state index is -4.31. The highest BCUT2D eigenvalue weighted by Crippen LogP contribution is 2.40. The number of aromatic nitrogens is 2. The summed E-state index contributed by atoms with van der Waals surface area (Å²) in [4.78, 5) is 21.7. The zero-order valence-electron chi connectivity index (χ0n) is 13.1. The minimum Gasteiger partial charge on any atom is -0.368 e. The summed E-state index contributed by atoms with van der Waals surface area (Å²) >= 11 is 0. The van der Waals surface area contributed by atoms with E-state index in [-0.39, 0.29) is 5.95 Å². The number of nitrogen functional groups attached to an aromatic ring is 1. The summed E-state index contributed by atoms with van der Waals surface area (Å²) in [6, 6.07) is 0. The van der Waals surface area contributed by atoms with Crippen LogP contribution in [0.15, 0.2) is 6.20 Å². The van der Waals surface area contributed by atoms with Gasteiger partial charge in [0.1, 0.15) is 5.60 Å². The van der Waals surface area contributed by atoms with Gasteiger partial charge in [0, 0.05) is 25.7 Å². The first-order chi connectivity index (χ1) is 11.3. The molecule has 1 fully saturated rings. The summed E-state index contributed by atoms with van der Waals surface area (Å²) in [5, 5.41) is 0. The Morgan fingerprint density at radius 2 is 2.08 bits per heavy atom. The highest BCUT2D eigenvalue weighted by atomic mass is 19.4. The van der Waals surface area contributed by atoms with E-state index >= 15 is 0 Å². The van der Waals surface area contributed by atoms with Crippen molar-refractivity contribution in [3.05, 3.63) is 17.5 Å². The molecule has 1 aromatic heterocycles. The number of fused-ring (bicyclic) bond motifs is 2. The topological polar surface area (TPSA) is 81.3 Å². The summed E-state index contributed by atoms with van der Waals surface area (Å²) in [5.41, 5.74) is 6.79. The molecular formula is C15H19F3N4O2. The predicted molar refractivity (Wildman–Crippen MR) is 78.9 cm³/mol. The van der Waals surface area contributed by atoms with Crippen molar-refractivity contribution in [3.8, 4) is 0 Å². The normalized spacial score (nSPS) is 20.0. The fraction of sp³-hybridized carbons (Fsp3) is 0.667. The lowest BCUT2D eigenvalue weighted by atomic mass is 9.83. The quantitative estimate of drug-likeness (QED) is 0.885. The van der Waals surface area contributed by atoms with Crippen LogP contribution in [0.2, 0.25) is 0 Å². The van der Waals surface area contributed by atoms with E-state index < -0.39 is 30.5 Å². The van der Waals surface area contributed by atoms with Gasteiger partial charge in [-0.05, 0) is 24.8 Å². The number of likely N-dealkylation sites (tertiary alicyclic amines) is 1. The van der Waals surface area contributed by atoms with Gasteiger partial charge in [-0.15, -0.1) is 0 Å². The largest absolute Gasteiger partial charge is 0.389 e. The zero-order valence-corrected chi connectivity index (χ0v) is 13.1. The van der Waals surface area contributed by atoms with Crippen LogP contribution < -0.4 is 5.73 Å². The van der Waals surface area contributed by atoms with Crippen molar-refractivity contribution in [1.82, 2.24) is 14.9 Å². The van der Waals surface area contributed by atoms with E-state index in [2.05, 4.69) is 9.97 Å². The van der Waals surface area contributed by atoms with Gasteiger partial charge in [-0.1, -0.05) is 0 Å². The first kappa shape index (κ1) is 16.9. The zero-order chi connectivity index (χ0) is 17.4. The second kappa shape index (κ2) is 6.19. The van der Waals surface area contributed by atoms with Crippen LogP contribution in [0, 0.1) is 0 Å². The van der Waals surface area contributed by atoms with Crippen molar-refractivity contribution in [2.45, 2.75) is 43.9 Å². The fourth-order valence-corrected chi connectivity index (χ4v) is 3.33. The Hall–Kier alpha value is -1.90. The van der Waals surface area contributed by atoms with E-state index in [0.717, 1.165) is 11.3 Å². The molecule has 0 atom stereocenters. The number of piperidine rings is 1. The molecule has 0 unspecified atom stereocenters. The Kier molecular flexibility index (Phi) is 4.37. The Morgan fingerprint density at radius 1 is 1.38 bits per heavy atom. The van der Waals surface area contributed by atoms with Crippen molar-refractivity contribution in [1.29, 1.82) is 0 Å². The van der Waals surface area contributed by atoms with Gasteiger partial charge >= 0.3 is 6.18 Å². The lowest BCUT2D eigenvalue weighted by molar-refractivity contribution is -0.154. The van der Waals surface area contributed by atoms with E-state index in [0.29, 0.717) is 39.0 Å². The van der Waals surface area contributed by atoms with Gasteiger partial charge in [0.15, 0.2) is 0 Å². The number of anilines is 1. The lowest BCUT2D eigenvalue weighted by Crippen LogP contribution is -2.49. The maximum absolute atomic E-state index is 12.3. The van der Waals surface area contributed by atoms with Crippen LogP contribution in [0.4, 0.5) is 19.1 Å². The predicted octanol–water partition coefficient (Wildman–Crippen LogP) is 1.79. The van der Waals surface area contributed by atoms with Crippen LogP contribution >= 0.6 is 0 Å². The molecule has 24 heavy (non-hydrogen) atoms. The Labute approximate surface area is 137 Å². The molecule has 3 heterocycles. The van der Waals surface area contributed by atoms with Gasteiger partial charge in [0.25, 0.3) is 0 Å². The highest BCUT2D eigenvalue weighted by Gasteiger charge is 2.43. The first-order valence-electron chi connectivity index (χ1n) is 7.89. The molecule has 132 valence electrons. The fourth-order valence-electron chi connectivity index (χ4n) is 3.33. The SMILES string of the molecule is Nc1ncc2c(n1)C1(CCN(C(=O)CCC(F)(F)F)CC1)OCC2. The lowest BCUT2D eigenvalue weighted by Gasteiger charge is -2.44. The van der Waals surface area contributed by atoms with Crippen molar-refractivity contribution in [3.63, 3.8) is 0 Å². The maximum Gasteiger partial charge on any atom is 0.389 e. The van der Waals surface area contributed by atoms with Crippen molar-refractivity contribution in [2.75, 3.05) is 25.4 Å². The molecule has 1 spiro atoms. The number of amides is 1. The van der Waals surface area contributed by atoms with Gasteiger partial charge in [-0.25, -0.2) is 9.97 Å². The molecule has 1 aromatic rings. The van der Waals surface area contributed by atoms with Crippen LogP contribution in [0.5, 0.6) is 0 Å². The number of halogens is 3. The summed E-state index contributed by atoms with van der Waals surface area (Å²) < 4.78 is 42.7. The number of nitrogens with two attached hydrogens (primary N) is 1. The molecule has 2 N–H and O–H groups in total. The molecule has 3 rings (SSSR count). The summed E-state index contributed by atoms with van der Waals surface area (Å²) in [6.07, 6.45) is -2.52. The molecule has 0 aromatic carbocycles. The summed E-state index contributed by atoms with van der Waals surface area (Å²) in [6.45, 7) is 1.22. The molecule has 2 aliphatic rings. The summed E-state index contributed by atoms with van der Waals surface area (Å²) in [7, 11) is 0. The monoisotopic (exact) mass is 344 g/mol. The Bertz CT molecular complexity index is 628. The third-order valence-corrected chi connectivity index (χ3v) is 4.61. The number of rotatable bonds is 2. The molecule has 0 bridgehead atoms. The van der Waals surface area contributed by atoms with E-state index in [1.807, 2.05) is 0 Å². The molecule has 9 heteroatoms. The molecule has 0 radical (unpaired) electrons. The van der Waals surface area contributed by atoms with Crippen molar-refractivity contribution >= 4 is 11.9 Å². The standard InChI is InChI=1S/C15H19F3N4O2/c16-15(17,18)3-1-11(23)22-6-4-14(5-7-22)12-10(2-8-24-14)9-20-13(19)21-12/h9H,1-8H2,(H2,19,20,21). The van der Waals surface area contributed by atoms with E-state index in [1.54, 1.807) is 6.20 Å². The van der Waals surface area contributed by atoms with Crippen LogP contribution in [-0.2, 0) is 21.6 Å². The second-order valence-corrected chi connectivity index (χ2v) is 6.19. The van der Waals surface area contributed by atoms with E-state index in [9.17, 15) is 18.0 Å². The Balaban J connectivity index is 1.67. The molecule has 1 amide bonds. The molecule has 6 nitrogen and oxygen atoms in total. The Morgan fingerprint density at radius 3 is 2.75 bits per heavy atom. The number of hydrogen-bond acceptors (Lipinski definition) is 5. The average molecular weight is 344 g/mol. The number of ether oxygens (including phenoxy) is 1. The molecular weight excluding hydrogens is 325 g/mol. The third kappa shape index (κ3) is 3.45. The first-order valence-corrected chi connectivity index (χ1v) is 7.89. The number of carbonyl (C=O) groups excluding carboxylic acids is 1. The van der Waals surface area contributed by atoms with Gasteiger partial charge in [0.2, 0.25) is 11.9 Å². The van der Waals surface area contributed by atoms with Gasteiger partial charge in [-0.3, -0.25) is 4.79 Å². The van der Waals surface area contributed by atoms with Crippen molar-refractivity contribution in [2.24, 2.45) is 0 Å². The van der Waals surface area contributed by atoms with Gasteiger partial charge in [-0.2, -0.15) is 13.2 Å². The smallest absolute Gasteiger partial charge is 0.368 e. The molecule has 0 saturated carbocycles. The number of alkyl halides is 3. The van der Waals surface area contributed by atoms with E-state index in [1.165, 1.54) is 4.90 Å². The molecule has 0 aliphatic carbocycles. The highest BCUT2D eigenvalue weighted by molar-refractivity contribution is 5.76. The van der Waals surface area contributed by atoms with Gasteiger partial charge in [0.05, 0.1) is 18.7 Å². The van der Waals surface area contributed by atoms with Gasteiger partial charge < -0.3 is 15.4 Å².